The lowest BCUT2D eigenvalue weighted by Gasteiger charge is -2.28. The van der Waals surface area contributed by atoms with Gasteiger partial charge in [-0.15, -0.1) is 0 Å². The summed E-state index contributed by atoms with van der Waals surface area (Å²) in [7, 11) is 2.76. The molecule has 0 bridgehead atoms. The Kier molecular flexibility index (Phi) is 5.05. The van der Waals surface area contributed by atoms with E-state index in [0.29, 0.717) is 0 Å². The van der Waals surface area contributed by atoms with Crippen LogP contribution in [0.5, 0.6) is 0 Å². The normalized spacial score (nSPS) is 15.8. The van der Waals surface area contributed by atoms with Crippen LogP contribution in [0.15, 0.2) is 0 Å². The molecule has 0 aromatic rings. The van der Waals surface area contributed by atoms with Gasteiger partial charge in [-0.2, -0.15) is 0 Å². The molecular formula is C12H21NO6. The number of carbonyl (C=O) groups is 3. The predicted octanol–water partition coefficient (Wildman–Crippen LogP) is -1.00. The third-order valence-corrected chi connectivity index (χ3v) is 2.12. The third kappa shape index (κ3) is 11.2. The van der Waals surface area contributed by atoms with Gasteiger partial charge in [0.1, 0.15) is 6.54 Å². The molecule has 0 aliphatic carbocycles. The van der Waals surface area contributed by atoms with Crippen LogP contribution in [-0.4, -0.2) is 61.2 Å². The Balaban J connectivity index is 4.68. The van der Waals surface area contributed by atoms with E-state index < -0.39 is 41.9 Å². The van der Waals surface area contributed by atoms with Gasteiger partial charge < -0.3 is 24.2 Å². The fraction of sp³-hybridized carbons (Fsp3) is 0.750. The molecule has 0 aliphatic rings. The van der Waals surface area contributed by atoms with Gasteiger partial charge in [-0.05, 0) is 12.8 Å². The topological polar surface area (TPSA) is 104 Å². The molecule has 0 saturated carbocycles. The first-order valence-electron chi connectivity index (χ1n) is 7.29. The van der Waals surface area contributed by atoms with Crippen LogP contribution in [0.3, 0.4) is 0 Å². The van der Waals surface area contributed by atoms with Crippen LogP contribution < -0.4 is 5.11 Å². The zero-order chi connectivity index (χ0) is 17.6. The third-order valence-electron chi connectivity index (χ3n) is 2.12. The highest BCUT2D eigenvalue weighted by atomic mass is 16.5. The Morgan fingerprint density at radius 3 is 2.47 bits per heavy atom. The predicted molar refractivity (Wildman–Crippen MR) is 63.9 cm³/mol. The van der Waals surface area contributed by atoms with Crippen LogP contribution in [0.2, 0.25) is 0 Å². The van der Waals surface area contributed by atoms with Crippen molar-refractivity contribution in [3.8, 4) is 0 Å². The van der Waals surface area contributed by atoms with Gasteiger partial charge in [0.2, 0.25) is 0 Å². The monoisotopic (exact) mass is 279 g/mol. The Morgan fingerprint density at radius 2 is 2.00 bits per heavy atom. The van der Waals surface area contributed by atoms with Crippen molar-refractivity contribution in [1.82, 2.24) is 0 Å². The van der Waals surface area contributed by atoms with Crippen LogP contribution >= 0.6 is 0 Å². The summed E-state index contributed by atoms with van der Waals surface area (Å²) in [4.78, 5) is 32.6. The number of nitrogens with zero attached hydrogens (tertiary/aromatic N) is 1. The minimum atomic E-state index is -2.39. The second-order valence-electron chi connectivity index (χ2n) is 4.80. The van der Waals surface area contributed by atoms with Crippen molar-refractivity contribution in [2.75, 3.05) is 27.6 Å². The molecule has 0 radical (unpaired) electrons. The molecule has 0 aromatic heterocycles. The fourth-order valence-corrected chi connectivity index (χ4v) is 1.47. The van der Waals surface area contributed by atoms with Gasteiger partial charge in [-0.25, -0.2) is 0 Å². The van der Waals surface area contributed by atoms with Gasteiger partial charge in [0.15, 0.2) is 6.10 Å². The highest BCUT2D eigenvalue weighted by Gasteiger charge is 2.24. The lowest BCUT2D eigenvalue weighted by atomic mass is 10.2. The van der Waals surface area contributed by atoms with E-state index in [2.05, 4.69) is 0 Å². The van der Waals surface area contributed by atoms with E-state index >= 15 is 0 Å². The number of hydrogen-bond acceptors (Lipinski definition) is 5. The number of carbonyl (C=O) groups excluding carboxylic acids is 2. The molecule has 0 fully saturated rings. The number of carboxylic acids is 2. The first-order valence-corrected chi connectivity index (χ1v) is 5.79. The molecule has 0 saturated heterocycles. The zero-order valence-electron chi connectivity index (χ0n) is 14.0. The lowest BCUT2D eigenvalue weighted by molar-refractivity contribution is -0.873. The molecule has 110 valence electrons. The second-order valence-corrected chi connectivity index (χ2v) is 4.80. The smallest absolute Gasteiger partial charge is 0.307 e. The number of quaternary nitrogens is 1. The fourth-order valence-electron chi connectivity index (χ4n) is 1.47. The van der Waals surface area contributed by atoms with Gasteiger partial charge >= 0.3 is 11.9 Å². The average Bonchev–Trinajstić information content (AvgIpc) is 2.24. The van der Waals surface area contributed by atoms with Crippen LogP contribution in [0, 0.1) is 0 Å². The number of hydrogen-bond donors (Lipinski definition) is 1. The summed E-state index contributed by atoms with van der Waals surface area (Å²) in [6.45, 7) is -2.59. The molecule has 0 amide bonds. The van der Waals surface area contributed by atoms with Crippen molar-refractivity contribution in [3.63, 3.8) is 0 Å². The first kappa shape index (κ1) is 12.4. The number of carboxylic acid groups (broad SMARTS) is 2. The molecule has 0 rings (SSSR count). The molecule has 0 heterocycles. The number of likely N-dealkylation sites (N-methyl/N-ethyl adjacent to an activating group) is 1. The maximum Gasteiger partial charge on any atom is 0.307 e. The van der Waals surface area contributed by atoms with Crippen LogP contribution in [0.25, 0.3) is 0 Å². The van der Waals surface area contributed by atoms with Gasteiger partial charge in [-0.3, -0.25) is 9.59 Å². The summed E-state index contributed by atoms with van der Waals surface area (Å²) in [6, 6.07) is 0. The van der Waals surface area contributed by atoms with E-state index in [0.717, 1.165) is 0 Å². The van der Waals surface area contributed by atoms with Crippen LogP contribution in [-0.2, 0) is 19.1 Å². The molecule has 0 spiro atoms. The number of ether oxygens (including phenoxy) is 1. The molecule has 0 aromatic carbocycles. The molecule has 19 heavy (non-hydrogen) atoms. The Bertz CT molecular complexity index is 422. The summed E-state index contributed by atoms with van der Waals surface area (Å²) >= 11 is 0. The lowest BCUT2D eigenvalue weighted by Crippen LogP contribution is -2.43. The zero-order valence-corrected chi connectivity index (χ0v) is 11.0. The average molecular weight is 279 g/mol. The minimum absolute atomic E-state index is 0.0124. The molecule has 0 aliphatic heterocycles. The Hall–Kier alpha value is -1.63. The molecule has 7 nitrogen and oxygen atoms in total. The number of rotatable bonds is 9. The Morgan fingerprint density at radius 1 is 1.37 bits per heavy atom. The minimum Gasteiger partial charge on any atom is -0.550 e. The number of esters is 1. The van der Waals surface area contributed by atoms with E-state index in [-0.39, 0.29) is 25.8 Å². The maximum atomic E-state index is 11.6. The molecule has 1 N–H and O–H groups in total. The Labute approximate surface area is 116 Å². The quantitative estimate of drug-likeness (QED) is 0.330. The summed E-state index contributed by atoms with van der Waals surface area (Å²) in [5, 5.41) is 19.1. The maximum absolute atomic E-state index is 11.6. The highest BCUT2D eigenvalue weighted by molar-refractivity contribution is 5.72. The van der Waals surface area contributed by atoms with E-state index in [1.807, 2.05) is 0 Å². The first-order chi connectivity index (χ1) is 9.85. The largest absolute Gasteiger partial charge is 0.550 e. The van der Waals surface area contributed by atoms with Gasteiger partial charge in [0, 0.05) is 12.4 Å². The van der Waals surface area contributed by atoms with Crippen molar-refractivity contribution in [2.24, 2.45) is 0 Å². The van der Waals surface area contributed by atoms with Crippen molar-refractivity contribution in [3.05, 3.63) is 0 Å². The summed E-state index contributed by atoms with van der Waals surface area (Å²) in [5.41, 5.74) is 0. The van der Waals surface area contributed by atoms with Gasteiger partial charge in [-0.1, -0.05) is 0 Å². The molecule has 1 atom stereocenters. The van der Waals surface area contributed by atoms with Crippen molar-refractivity contribution >= 4 is 17.9 Å². The molecule has 1 unspecified atom stereocenters. The SMILES string of the molecule is [2H][13C]([2H])([2H])[N+](C)(C)CC(CC(=O)O)OC(=O)CCCC(=O)[O-]. The standard InChI is InChI=1S/C12H21NO6/c1-13(2,3)8-9(7-11(16)17)19-12(18)6-4-5-10(14)15/h9H,4-8H2,1-3H3,(H-,14,15,16,17)/i1+1D3. The summed E-state index contributed by atoms with van der Waals surface area (Å²) < 4.78 is 26.6. The summed E-state index contributed by atoms with van der Waals surface area (Å²) in [5.74, 6) is -3.29. The molecule has 7 heteroatoms. The van der Waals surface area contributed by atoms with Crippen LogP contribution in [0.4, 0.5) is 0 Å². The highest BCUT2D eigenvalue weighted by Crippen LogP contribution is 2.08. The van der Waals surface area contributed by atoms with E-state index in [1.165, 1.54) is 14.1 Å². The van der Waals surface area contributed by atoms with E-state index in [1.54, 1.807) is 0 Å². The van der Waals surface area contributed by atoms with Gasteiger partial charge in [0.05, 0.1) is 31.6 Å². The van der Waals surface area contributed by atoms with Crippen LogP contribution in [0.1, 0.15) is 29.8 Å². The second kappa shape index (κ2) is 7.73. The van der Waals surface area contributed by atoms with Crippen molar-refractivity contribution in [2.45, 2.75) is 31.8 Å². The van der Waals surface area contributed by atoms with E-state index in [9.17, 15) is 19.5 Å². The summed E-state index contributed by atoms with van der Waals surface area (Å²) in [6.07, 6.45) is -2.13. The molecular weight excluding hydrogens is 255 g/mol. The number of aliphatic carboxylic acids is 2. The van der Waals surface area contributed by atoms with E-state index in [4.69, 9.17) is 14.0 Å². The van der Waals surface area contributed by atoms with Gasteiger partial charge in [0.25, 0.3) is 0 Å². The van der Waals surface area contributed by atoms with Crippen molar-refractivity contribution in [1.29, 1.82) is 0 Å². The van der Waals surface area contributed by atoms with Crippen molar-refractivity contribution < 1.29 is 37.9 Å².